The number of hydrogen-bond donors (Lipinski definition) is 0. The number of rotatable bonds is 2. The van der Waals surface area contributed by atoms with E-state index >= 15 is 0 Å². The zero-order valence-corrected chi connectivity index (χ0v) is 8.27. The van der Waals surface area contributed by atoms with Crippen molar-refractivity contribution in [3.63, 3.8) is 0 Å². The Labute approximate surface area is 80.7 Å². The second-order valence-corrected chi connectivity index (χ2v) is 3.46. The van der Waals surface area contributed by atoms with Crippen LogP contribution in [0.2, 0.25) is 0 Å². The SMILES string of the molecule is C=CC1=C(C=C)C(C)CC(=C)C1=C. The van der Waals surface area contributed by atoms with Gasteiger partial charge in [0.2, 0.25) is 0 Å². The highest BCUT2D eigenvalue weighted by atomic mass is 14.2. The molecule has 0 aromatic rings. The van der Waals surface area contributed by atoms with Crippen LogP contribution >= 0.6 is 0 Å². The van der Waals surface area contributed by atoms with Gasteiger partial charge in [-0.3, -0.25) is 0 Å². The van der Waals surface area contributed by atoms with Gasteiger partial charge < -0.3 is 0 Å². The summed E-state index contributed by atoms with van der Waals surface area (Å²) in [7, 11) is 0. The molecule has 68 valence electrons. The summed E-state index contributed by atoms with van der Waals surface area (Å²) in [5, 5.41) is 0. The summed E-state index contributed by atoms with van der Waals surface area (Å²) in [5.74, 6) is 0.489. The van der Waals surface area contributed by atoms with Crippen molar-refractivity contribution in [3.8, 4) is 0 Å². The molecule has 1 aliphatic rings. The van der Waals surface area contributed by atoms with Gasteiger partial charge >= 0.3 is 0 Å². The van der Waals surface area contributed by atoms with Gasteiger partial charge in [-0.05, 0) is 34.6 Å². The van der Waals surface area contributed by atoms with Gasteiger partial charge in [-0.25, -0.2) is 0 Å². The van der Waals surface area contributed by atoms with E-state index in [1.165, 1.54) is 5.57 Å². The molecule has 1 atom stereocenters. The van der Waals surface area contributed by atoms with Gasteiger partial charge in [0.25, 0.3) is 0 Å². The summed E-state index contributed by atoms with van der Waals surface area (Å²) in [6, 6.07) is 0. The molecule has 0 spiro atoms. The summed E-state index contributed by atoms with van der Waals surface area (Å²) in [6.07, 6.45) is 4.73. The molecular formula is C13H16. The Bertz CT molecular complexity index is 313. The fraction of sp³-hybridized carbons (Fsp3) is 0.231. The Hall–Kier alpha value is -1.30. The lowest BCUT2D eigenvalue weighted by Crippen LogP contribution is -2.10. The summed E-state index contributed by atoms with van der Waals surface area (Å²) in [5.41, 5.74) is 4.49. The van der Waals surface area contributed by atoms with Gasteiger partial charge in [0.05, 0.1) is 0 Å². The maximum Gasteiger partial charge on any atom is -0.0144 e. The molecule has 0 N–H and O–H groups in total. The van der Waals surface area contributed by atoms with Crippen molar-refractivity contribution < 1.29 is 0 Å². The molecule has 0 aromatic heterocycles. The molecule has 0 heteroatoms. The molecule has 0 saturated carbocycles. The summed E-state index contributed by atoms with van der Waals surface area (Å²) >= 11 is 0. The van der Waals surface area contributed by atoms with Crippen molar-refractivity contribution in [3.05, 3.63) is 60.8 Å². The average molecular weight is 172 g/mol. The molecule has 0 bridgehead atoms. The molecule has 0 radical (unpaired) electrons. The molecule has 1 rings (SSSR count). The van der Waals surface area contributed by atoms with E-state index in [1.54, 1.807) is 0 Å². The number of allylic oxidation sites excluding steroid dienone is 6. The molecule has 1 aliphatic carbocycles. The smallest absolute Gasteiger partial charge is 0.0144 e. The third-order valence-electron chi connectivity index (χ3n) is 2.57. The first-order valence-corrected chi connectivity index (χ1v) is 4.48. The van der Waals surface area contributed by atoms with Crippen molar-refractivity contribution in [2.24, 2.45) is 5.92 Å². The minimum Gasteiger partial charge on any atom is -0.0988 e. The fourth-order valence-electron chi connectivity index (χ4n) is 1.79. The molecule has 0 heterocycles. The van der Waals surface area contributed by atoms with E-state index in [2.05, 4.69) is 33.2 Å². The topological polar surface area (TPSA) is 0 Å². The van der Waals surface area contributed by atoms with Crippen LogP contribution in [0.4, 0.5) is 0 Å². The second-order valence-electron chi connectivity index (χ2n) is 3.46. The first-order valence-electron chi connectivity index (χ1n) is 4.48. The van der Waals surface area contributed by atoms with E-state index in [-0.39, 0.29) is 0 Å². The van der Waals surface area contributed by atoms with E-state index in [1.807, 2.05) is 12.2 Å². The molecule has 0 aliphatic heterocycles. The average Bonchev–Trinajstić information content (AvgIpc) is 2.10. The monoisotopic (exact) mass is 172 g/mol. The highest BCUT2D eigenvalue weighted by molar-refractivity contribution is 5.57. The van der Waals surface area contributed by atoms with Crippen molar-refractivity contribution in [1.29, 1.82) is 0 Å². The third-order valence-corrected chi connectivity index (χ3v) is 2.57. The fourth-order valence-corrected chi connectivity index (χ4v) is 1.79. The van der Waals surface area contributed by atoms with Crippen LogP contribution in [0, 0.1) is 5.92 Å². The lowest BCUT2D eigenvalue weighted by molar-refractivity contribution is 0.674. The van der Waals surface area contributed by atoms with E-state index < -0.39 is 0 Å². The Balaban J connectivity index is 3.27. The van der Waals surface area contributed by atoms with Crippen molar-refractivity contribution >= 4 is 0 Å². The van der Waals surface area contributed by atoms with Crippen molar-refractivity contribution in [1.82, 2.24) is 0 Å². The Morgan fingerprint density at radius 1 is 1.23 bits per heavy atom. The maximum absolute atomic E-state index is 4.00. The standard InChI is InChI=1S/C13H16/c1-6-12-10(4)8-9(3)11(5)13(12)7-2/h6-7,10H,1-3,5,8H2,4H3. The zero-order chi connectivity index (χ0) is 10.0. The highest BCUT2D eigenvalue weighted by Gasteiger charge is 2.20. The van der Waals surface area contributed by atoms with E-state index in [4.69, 9.17) is 0 Å². The second kappa shape index (κ2) is 3.61. The molecule has 0 saturated heterocycles. The van der Waals surface area contributed by atoms with E-state index in [0.29, 0.717) is 5.92 Å². The van der Waals surface area contributed by atoms with Crippen LogP contribution in [0.15, 0.2) is 60.8 Å². The summed E-state index contributed by atoms with van der Waals surface area (Å²) < 4.78 is 0. The van der Waals surface area contributed by atoms with Crippen LogP contribution in [0.5, 0.6) is 0 Å². The molecule has 13 heavy (non-hydrogen) atoms. The third kappa shape index (κ3) is 1.57. The summed E-state index contributed by atoms with van der Waals surface area (Å²) in [4.78, 5) is 0. The Morgan fingerprint density at radius 3 is 2.31 bits per heavy atom. The van der Waals surface area contributed by atoms with Gasteiger partial charge in [-0.15, -0.1) is 0 Å². The predicted octanol–water partition coefficient (Wildman–Crippen LogP) is 3.81. The van der Waals surface area contributed by atoms with E-state index in [0.717, 1.165) is 23.1 Å². The quantitative estimate of drug-likeness (QED) is 0.594. The maximum atomic E-state index is 4.00. The molecular weight excluding hydrogens is 156 g/mol. The molecule has 0 aromatic carbocycles. The Kier molecular flexibility index (Phi) is 2.72. The molecule has 0 amide bonds. The van der Waals surface area contributed by atoms with Crippen molar-refractivity contribution in [2.75, 3.05) is 0 Å². The largest absolute Gasteiger partial charge is 0.0988 e. The molecule has 0 nitrogen and oxygen atoms in total. The molecule has 0 fully saturated rings. The first-order chi connectivity index (χ1) is 6.11. The first kappa shape index (κ1) is 9.79. The minimum absolute atomic E-state index is 0.489. The van der Waals surface area contributed by atoms with E-state index in [9.17, 15) is 0 Å². The lowest BCUT2D eigenvalue weighted by atomic mass is 9.79. The minimum atomic E-state index is 0.489. The predicted molar refractivity (Wildman–Crippen MR) is 59.5 cm³/mol. The van der Waals surface area contributed by atoms with Crippen LogP contribution in [0.3, 0.4) is 0 Å². The van der Waals surface area contributed by atoms with Gasteiger partial charge in [-0.1, -0.05) is 45.4 Å². The normalized spacial score (nSPS) is 23.3. The van der Waals surface area contributed by atoms with Crippen LogP contribution in [-0.2, 0) is 0 Å². The van der Waals surface area contributed by atoms with Gasteiger partial charge in [-0.2, -0.15) is 0 Å². The Morgan fingerprint density at radius 2 is 1.85 bits per heavy atom. The summed E-state index contributed by atoms with van der Waals surface area (Å²) in [6.45, 7) is 17.8. The van der Waals surface area contributed by atoms with Gasteiger partial charge in [0, 0.05) is 0 Å². The van der Waals surface area contributed by atoms with Gasteiger partial charge in [0.1, 0.15) is 0 Å². The number of hydrogen-bond acceptors (Lipinski definition) is 0. The highest BCUT2D eigenvalue weighted by Crippen LogP contribution is 2.36. The van der Waals surface area contributed by atoms with Gasteiger partial charge in [0.15, 0.2) is 0 Å². The molecule has 1 unspecified atom stereocenters. The lowest BCUT2D eigenvalue weighted by Gasteiger charge is -2.26. The van der Waals surface area contributed by atoms with Crippen LogP contribution in [0.1, 0.15) is 13.3 Å². The van der Waals surface area contributed by atoms with Crippen LogP contribution in [0.25, 0.3) is 0 Å². The van der Waals surface area contributed by atoms with Crippen molar-refractivity contribution in [2.45, 2.75) is 13.3 Å². The van der Waals surface area contributed by atoms with Crippen LogP contribution in [-0.4, -0.2) is 0 Å². The zero-order valence-electron chi connectivity index (χ0n) is 8.27. The van der Waals surface area contributed by atoms with Crippen LogP contribution < -0.4 is 0 Å².